The van der Waals surface area contributed by atoms with Crippen molar-refractivity contribution in [1.82, 2.24) is 5.32 Å². The van der Waals surface area contributed by atoms with Crippen LogP contribution in [0.2, 0.25) is 0 Å². The summed E-state index contributed by atoms with van der Waals surface area (Å²) >= 11 is 0. The second-order valence-corrected chi connectivity index (χ2v) is 6.40. The molecule has 1 aromatic carbocycles. The Morgan fingerprint density at radius 3 is 2.95 bits per heavy atom. The van der Waals surface area contributed by atoms with Gasteiger partial charge in [0.1, 0.15) is 0 Å². The van der Waals surface area contributed by atoms with Gasteiger partial charge >= 0.3 is 0 Å². The molecule has 2 nitrogen and oxygen atoms in total. The van der Waals surface area contributed by atoms with Gasteiger partial charge in [0.15, 0.2) is 0 Å². The first kappa shape index (κ1) is 14.1. The largest absolute Gasteiger partial charge is 0.373 e. The Hall–Kier alpha value is -0.860. The highest BCUT2D eigenvalue weighted by molar-refractivity contribution is 5.31. The minimum atomic E-state index is 0.327. The van der Waals surface area contributed by atoms with Gasteiger partial charge in [-0.1, -0.05) is 38.1 Å². The van der Waals surface area contributed by atoms with Crippen LogP contribution >= 0.6 is 0 Å². The summed E-state index contributed by atoms with van der Waals surface area (Å²) in [5.74, 6) is 1.57. The molecule has 1 aromatic rings. The summed E-state index contributed by atoms with van der Waals surface area (Å²) in [6.07, 6.45) is 5.27. The molecule has 1 saturated carbocycles. The SMILES string of the molecule is CCNC1CCC(CC2OCCc3ccccc32)C1C. The van der Waals surface area contributed by atoms with Crippen molar-refractivity contribution in [3.05, 3.63) is 35.4 Å². The summed E-state index contributed by atoms with van der Waals surface area (Å²) in [6.45, 7) is 6.60. The standard InChI is InChI=1S/C18H27NO/c1-3-19-17-9-8-15(13(17)2)12-18-16-7-5-4-6-14(16)10-11-20-18/h4-7,13,15,17-19H,3,8-12H2,1-2H3. The molecule has 1 aliphatic heterocycles. The molecular weight excluding hydrogens is 246 g/mol. The van der Waals surface area contributed by atoms with E-state index in [9.17, 15) is 0 Å². The van der Waals surface area contributed by atoms with Crippen LogP contribution in [-0.4, -0.2) is 19.2 Å². The normalized spacial score (nSPS) is 33.1. The predicted molar refractivity (Wildman–Crippen MR) is 82.8 cm³/mol. The summed E-state index contributed by atoms with van der Waals surface area (Å²) in [6, 6.07) is 9.55. The van der Waals surface area contributed by atoms with Crippen LogP contribution in [0, 0.1) is 11.8 Å². The average molecular weight is 273 g/mol. The minimum absolute atomic E-state index is 0.327. The van der Waals surface area contributed by atoms with Crippen LogP contribution in [0.1, 0.15) is 50.3 Å². The fraction of sp³-hybridized carbons (Fsp3) is 0.667. The molecule has 0 radical (unpaired) electrons. The van der Waals surface area contributed by atoms with Gasteiger partial charge in [-0.3, -0.25) is 0 Å². The van der Waals surface area contributed by atoms with Gasteiger partial charge < -0.3 is 10.1 Å². The first-order valence-corrected chi connectivity index (χ1v) is 8.22. The lowest BCUT2D eigenvalue weighted by Crippen LogP contribution is -2.33. The van der Waals surface area contributed by atoms with Crippen molar-refractivity contribution < 1.29 is 4.74 Å². The number of hydrogen-bond acceptors (Lipinski definition) is 2. The topological polar surface area (TPSA) is 21.3 Å². The number of fused-ring (bicyclic) bond motifs is 1. The summed E-state index contributed by atoms with van der Waals surface area (Å²) in [4.78, 5) is 0. The lowest BCUT2D eigenvalue weighted by molar-refractivity contribution is 0.0213. The molecule has 4 unspecified atom stereocenters. The van der Waals surface area contributed by atoms with Crippen molar-refractivity contribution in [3.63, 3.8) is 0 Å². The van der Waals surface area contributed by atoms with E-state index >= 15 is 0 Å². The summed E-state index contributed by atoms with van der Waals surface area (Å²) in [5, 5.41) is 3.64. The van der Waals surface area contributed by atoms with Crippen LogP contribution in [0.15, 0.2) is 24.3 Å². The first-order valence-electron chi connectivity index (χ1n) is 8.22. The van der Waals surface area contributed by atoms with E-state index in [1.165, 1.54) is 30.4 Å². The molecule has 0 bridgehead atoms. The van der Waals surface area contributed by atoms with Gasteiger partial charge in [0.25, 0.3) is 0 Å². The lowest BCUT2D eigenvalue weighted by atomic mass is 9.86. The average Bonchev–Trinajstić information content (AvgIpc) is 2.81. The van der Waals surface area contributed by atoms with Crippen molar-refractivity contribution in [2.24, 2.45) is 11.8 Å². The van der Waals surface area contributed by atoms with Gasteiger partial charge in [-0.15, -0.1) is 0 Å². The van der Waals surface area contributed by atoms with E-state index in [4.69, 9.17) is 4.74 Å². The van der Waals surface area contributed by atoms with Gasteiger partial charge in [0.05, 0.1) is 12.7 Å². The van der Waals surface area contributed by atoms with Crippen molar-refractivity contribution in [1.29, 1.82) is 0 Å². The quantitative estimate of drug-likeness (QED) is 0.903. The van der Waals surface area contributed by atoms with Crippen molar-refractivity contribution in [2.75, 3.05) is 13.2 Å². The van der Waals surface area contributed by atoms with E-state index in [-0.39, 0.29) is 0 Å². The third-order valence-corrected chi connectivity index (χ3v) is 5.30. The predicted octanol–water partition coefficient (Wildman–Crippen LogP) is 3.71. The number of rotatable bonds is 4. The smallest absolute Gasteiger partial charge is 0.0830 e. The molecule has 110 valence electrons. The van der Waals surface area contributed by atoms with Crippen LogP contribution < -0.4 is 5.32 Å². The van der Waals surface area contributed by atoms with Gasteiger partial charge in [0, 0.05) is 6.04 Å². The monoisotopic (exact) mass is 273 g/mol. The van der Waals surface area contributed by atoms with Crippen LogP contribution in [0.5, 0.6) is 0 Å². The summed E-state index contributed by atoms with van der Waals surface area (Å²) < 4.78 is 6.09. The molecule has 0 aromatic heterocycles. The molecule has 2 aliphatic rings. The van der Waals surface area contributed by atoms with Crippen LogP contribution in [0.4, 0.5) is 0 Å². The Kier molecular flexibility index (Phi) is 4.42. The van der Waals surface area contributed by atoms with Gasteiger partial charge in [0.2, 0.25) is 0 Å². The Morgan fingerprint density at radius 2 is 2.10 bits per heavy atom. The summed E-state index contributed by atoms with van der Waals surface area (Å²) in [7, 11) is 0. The zero-order valence-electron chi connectivity index (χ0n) is 12.8. The van der Waals surface area contributed by atoms with E-state index in [1.54, 1.807) is 0 Å². The molecule has 20 heavy (non-hydrogen) atoms. The van der Waals surface area contributed by atoms with Crippen LogP contribution in [-0.2, 0) is 11.2 Å². The van der Waals surface area contributed by atoms with Crippen molar-refractivity contribution in [3.8, 4) is 0 Å². The van der Waals surface area contributed by atoms with Crippen LogP contribution in [0.25, 0.3) is 0 Å². The molecule has 0 amide bonds. The van der Waals surface area contributed by atoms with Gasteiger partial charge in [-0.25, -0.2) is 0 Å². The molecular formula is C18H27NO. The van der Waals surface area contributed by atoms with E-state index < -0.39 is 0 Å². The molecule has 0 saturated heterocycles. The van der Waals surface area contributed by atoms with E-state index in [0.717, 1.165) is 31.4 Å². The Balaban J connectivity index is 1.67. The molecule has 0 spiro atoms. The van der Waals surface area contributed by atoms with Crippen molar-refractivity contribution >= 4 is 0 Å². The van der Waals surface area contributed by atoms with E-state index in [1.807, 2.05) is 0 Å². The second-order valence-electron chi connectivity index (χ2n) is 6.40. The van der Waals surface area contributed by atoms with Gasteiger partial charge in [-0.2, -0.15) is 0 Å². The van der Waals surface area contributed by atoms with Crippen LogP contribution in [0.3, 0.4) is 0 Å². The fourth-order valence-electron chi connectivity index (χ4n) is 4.08. The van der Waals surface area contributed by atoms with E-state index in [0.29, 0.717) is 12.1 Å². The highest BCUT2D eigenvalue weighted by Gasteiger charge is 2.35. The first-order chi connectivity index (χ1) is 9.79. The fourth-order valence-corrected chi connectivity index (χ4v) is 4.08. The summed E-state index contributed by atoms with van der Waals surface area (Å²) in [5.41, 5.74) is 2.94. The zero-order valence-corrected chi connectivity index (χ0v) is 12.8. The number of nitrogens with one attached hydrogen (secondary N) is 1. The molecule has 1 aliphatic carbocycles. The number of ether oxygens (including phenoxy) is 1. The Bertz CT molecular complexity index is 445. The van der Waals surface area contributed by atoms with Gasteiger partial charge in [-0.05, 0) is 55.2 Å². The van der Waals surface area contributed by atoms with Crippen molar-refractivity contribution in [2.45, 2.75) is 51.7 Å². The molecule has 4 atom stereocenters. The maximum Gasteiger partial charge on any atom is 0.0830 e. The third kappa shape index (κ3) is 2.77. The number of benzene rings is 1. The Labute approximate surface area is 122 Å². The van der Waals surface area contributed by atoms with E-state index in [2.05, 4.69) is 43.4 Å². The third-order valence-electron chi connectivity index (χ3n) is 5.30. The molecule has 1 N–H and O–H groups in total. The maximum absolute atomic E-state index is 6.09. The highest BCUT2D eigenvalue weighted by atomic mass is 16.5. The Morgan fingerprint density at radius 1 is 1.25 bits per heavy atom. The molecule has 2 heteroatoms. The lowest BCUT2D eigenvalue weighted by Gasteiger charge is -2.30. The minimum Gasteiger partial charge on any atom is -0.373 e. The maximum atomic E-state index is 6.09. The second kappa shape index (κ2) is 6.28. The molecule has 1 heterocycles. The number of hydrogen-bond donors (Lipinski definition) is 1. The zero-order chi connectivity index (χ0) is 13.9. The highest BCUT2D eigenvalue weighted by Crippen LogP contribution is 2.40. The molecule has 3 rings (SSSR count). The molecule has 1 fully saturated rings.